The molecule has 0 saturated carbocycles. The van der Waals surface area contributed by atoms with Crippen molar-refractivity contribution in [3.63, 3.8) is 0 Å². The van der Waals surface area contributed by atoms with Gasteiger partial charge in [-0.15, -0.1) is 0 Å². The van der Waals surface area contributed by atoms with E-state index in [1.165, 1.54) is 25.1 Å². The van der Waals surface area contributed by atoms with Crippen LogP contribution in [0, 0.1) is 37.3 Å². The third-order valence-electron chi connectivity index (χ3n) is 2.94. The molecule has 0 aliphatic heterocycles. The summed E-state index contributed by atoms with van der Waals surface area (Å²) in [6.45, 7) is 1.33. The fourth-order valence-corrected chi connectivity index (χ4v) is 2.14. The molecular formula is C11H7N3O6. The molecule has 0 N–H and O–H groups in total. The first-order valence-electron chi connectivity index (χ1n) is 5.34. The molecule has 0 unspecified atom stereocenters. The van der Waals surface area contributed by atoms with Crippen molar-refractivity contribution in [2.45, 2.75) is 6.92 Å². The van der Waals surface area contributed by atoms with Crippen LogP contribution < -0.4 is 0 Å². The Morgan fingerprint density at radius 2 is 1.20 bits per heavy atom. The van der Waals surface area contributed by atoms with Crippen molar-refractivity contribution < 1.29 is 14.8 Å². The second kappa shape index (κ2) is 4.53. The van der Waals surface area contributed by atoms with Crippen LogP contribution in [0.1, 0.15) is 5.56 Å². The molecule has 102 valence electrons. The molecule has 0 spiro atoms. The largest absolute Gasteiger partial charge is 0.423 e. The van der Waals surface area contributed by atoms with Crippen molar-refractivity contribution in [3.8, 4) is 0 Å². The van der Waals surface area contributed by atoms with Crippen molar-refractivity contribution in [2.24, 2.45) is 0 Å². The molecule has 9 heteroatoms. The summed E-state index contributed by atoms with van der Waals surface area (Å²) in [6, 6.07) is 5.81. The summed E-state index contributed by atoms with van der Waals surface area (Å²) in [5, 5.41) is 33.4. The van der Waals surface area contributed by atoms with Crippen molar-refractivity contribution in [2.75, 3.05) is 0 Å². The van der Waals surface area contributed by atoms with Crippen LogP contribution in [0.25, 0.3) is 10.8 Å². The van der Waals surface area contributed by atoms with Crippen molar-refractivity contribution in [1.82, 2.24) is 0 Å². The van der Waals surface area contributed by atoms with Crippen LogP contribution in [0.2, 0.25) is 0 Å². The van der Waals surface area contributed by atoms with Crippen LogP contribution in [0.3, 0.4) is 0 Å². The maximum atomic E-state index is 11.1. The second-order valence-corrected chi connectivity index (χ2v) is 3.99. The van der Waals surface area contributed by atoms with Crippen molar-refractivity contribution in [1.29, 1.82) is 0 Å². The van der Waals surface area contributed by atoms with Gasteiger partial charge in [-0.3, -0.25) is 30.3 Å². The van der Waals surface area contributed by atoms with Crippen LogP contribution in [0.4, 0.5) is 17.1 Å². The van der Waals surface area contributed by atoms with Gasteiger partial charge in [-0.05, 0) is 18.4 Å². The van der Waals surface area contributed by atoms with Gasteiger partial charge < -0.3 is 0 Å². The average molecular weight is 277 g/mol. The van der Waals surface area contributed by atoms with E-state index < -0.39 is 31.8 Å². The smallest absolute Gasteiger partial charge is 0.258 e. The van der Waals surface area contributed by atoms with Crippen LogP contribution in [-0.2, 0) is 0 Å². The Labute approximate surface area is 110 Å². The first-order valence-corrected chi connectivity index (χ1v) is 5.34. The molecule has 0 fully saturated rings. The number of nitrogens with zero attached hydrogens (tertiary/aromatic N) is 3. The zero-order valence-corrected chi connectivity index (χ0v) is 10.1. The predicted molar refractivity (Wildman–Crippen MR) is 68.6 cm³/mol. The Morgan fingerprint density at radius 3 is 1.65 bits per heavy atom. The number of aryl methyl sites for hydroxylation is 1. The average Bonchev–Trinajstić information content (AvgIpc) is 2.37. The lowest BCUT2D eigenvalue weighted by molar-refractivity contribution is -0.440. The molecule has 0 aliphatic carbocycles. The summed E-state index contributed by atoms with van der Waals surface area (Å²) in [5.41, 5.74) is -2.76. The molecule has 0 amide bonds. The number of hydrogen-bond donors (Lipinski definition) is 0. The lowest BCUT2D eigenvalue weighted by Crippen LogP contribution is -2.04. The third-order valence-corrected chi connectivity index (χ3v) is 2.94. The van der Waals surface area contributed by atoms with Gasteiger partial charge in [0, 0.05) is 5.56 Å². The Kier molecular flexibility index (Phi) is 3.02. The molecule has 9 nitrogen and oxygen atoms in total. The zero-order valence-electron chi connectivity index (χ0n) is 10.1. The van der Waals surface area contributed by atoms with Gasteiger partial charge in [-0.2, -0.15) is 0 Å². The summed E-state index contributed by atoms with van der Waals surface area (Å²) in [6.07, 6.45) is 0. The van der Waals surface area contributed by atoms with Gasteiger partial charge in [0.2, 0.25) is 0 Å². The molecule has 2 rings (SSSR count). The lowest BCUT2D eigenvalue weighted by atomic mass is 10.00. The molecule has 0 radical (unpaired) electrons. The Hall–Kier alpha value is -3.10. The number of rotatable bonds is 3. The standard InChI is InChI=1S/C11H7N3O6/c1-6-7-4-2-3-5-8(7)10(13(17)18)11(14(19)20)9(6)12(15)16/h2-5H,1H3. The third kappa shape index (κ3) is 1.81. The quantitative estimate of drug-likeness (QED) is 0.626. The monoisotopic (exact) mass is 277 g/mol. The molecule has 0 saturated heterocycles. The molecule has 20 heavy (non-hydrogen) atoms. The van der Waals surface area contributed by atoms with Gasteiger partial charge in [-0.25, -0.2) is 0 Å². The highest BCUT2D eigenvalue weighted by Gasteiger charge is 2.40. The van der Waals surface area contributed by atoms with E-state index in [2.05, 4.69) is 0 Å². The zero-order chi connectivity index (χ0) is 15.0. The van der Waals surface area contributed by atoms with Crippen LogP contribution in [-0.4, -0.2) is 14.8 Å². The summed E-state index contributed by atoms with van der Waals surface area (Å²) >= 11 is 0. The maximum absolute atomic E-state index is 11.1. The minimum Gasteiger partial charge on any atom is -0.258 e. The highest BCUT2D eigenvalue weighted by atomic mass is 16.6. The van der Waals surface area contributed by atoms with Gasteiger partial charge in [-0.1, -0.05) is 18.2 Å². The first-order chi connectivity index (χ1) is 9.36. The molecule has 2 aromatic carbocycles. The van der Waals surface area contributed by atoms with E-state index in [0.29, 0.717) is 0 Å². The van der Waals surface area contributed by atoms with Crippen molar-refractivity contribution in [3.05, 3.63) is 60.2 Å². The van der Waals surface area contributed by atoms with Gasteiger partial charge in [0.15, 0.2) is 0 Å². The summed E-state index contributed by atoms with van der Waals surface area (Å²) in [5.74, 6) is 0. The van der Waals surface area contributed by atoms with E-state index in [1.807, 2.05) is 0 Å². The number of fused-ring (bicyclic) bond motifs is 1. The van der Waals surface area contributed by atoms with E-state index in [4.69, 9.17) is 0 Å². The van der Waals surface area contributed by atoms with E-state index >= 15 is 0 Å². The van der Waals surface area contributed by atoms with Gasteiger partial charge in [0.1, 0.15) is 0 Å². The Balaban J connectivity index is 3.15. The highest BCUT2D eigenvalue weighted by Crippen LogP contribution is 2.45. The fraction of sp³-hybridized carbons (Fsp3) is 0.0909. The van der Waals surface area contributed by atoms with Gasteiger partial charge >= 0.3 is 17.1 Å². The van der Waals surface area contributed by atoms with E-state index in [9.17, 15) is 30.3 Å². The minimum atomic E-state index is -1.09. The van der Waals surface area contributed by atoms with Crippen LogP contribution in [0.15, 0.2) is 24.3 Å². The molecule has 0 heterocycles. The van der Waals surface area contributed by atoms with Crippen LogP contribution >= 0.6 is 0 Å². The topological polar surface area (TPSA) is 129 Å². The van der Waals surface area contributed by atoms with E-state index in [1.54, 1.807) is 6.07 Å². The molecule has 0 atom stereocenters. The number of hydrogen-bond acceptors (Lipinski definition) is 6. The van der Waals surface area contributed by atoms with Crippen LogP contribution in [0.5, 0.6) is 0 Å². The van der Waals surface area contributed by atoms with Crippen molar-refractivity contribution >= 4 is 27.8 Å². The summed E-state index contributed by atoms with van der Waals surface area (Å²) in [4.78, 5) is 30.2. The Bertz CT molecular complexity index is 770. The molecule has 0 aromatic heterocycles. The molecular weight excluding hydrogens is 270 g/mol. The predicted octanol–water partition coefficient (Wildman–Crippen LogP) is 2.87. The fourth-order valence-electron chi connectivity index (χ4n) is 2.14. The van der Waals surface area contributed by atoms with Gasteiger partial charge in [0.05, 0.1) is 20.2 Å². The summed E-state index contributed by atoms with van der Waals surface area (Å²) in [7, 11) is 0. The molecule has 2 aromatic rings. The normalized spacial score (nSPS) is 10.4. The maximum Gasteiger partial charge on any atom is 0.423 e. The highest BCUT2D eigenvalue weighted by molar-refractivity contribution is 6.01. The van der Waals surface area contributed by atoms with Gasteiger partial charge in [0.25, 0.3) is 0 Å². The first kappa shape index (κ1) is 13.3. The number of nitro groups is 3. The lowest BCUT2D eigenvalue weighted by Gasteiger charge is -2.05. The SMILES string of the molecule is Cc1c([N+](=O)[O-])c([N+](=O)[O-])c([N+](=O)[O-])c2ccccc12. The second-order valence-electron chi connectivity index (χ2n) is 3.99. The van der Waals surface area contributed by atoms with E-state index in [-0.39, 0.29) is 16.3 Å². The molecule has 0 aliphatic rings. The number of nitro benzene ring substituents is 3. The van der Waals surface area contributed by atoms with E-state index in [0.717, 1.165) is 0 Å². The Morgan fingerprint density at radius 1 is 0.750 bits per heavy atom. The minimum absolute atomic E-state index is 0.00676. The summed E-state index contributed by atoms with van der Waals surface area (Å²) < 4.78 is 0. The molecule has 0 bridgehead atoms. The number of benzene rings is 2.